The molecular weight excluding hydrogens is 793 g/mol. The Hall–Kier alpha value is -0.990. The van der Waals surface area contributed by atoms with Gasteiger partial charge in [-0.1, -0.05) is 243 Å². The van der Waals surface area contributed by atoms with E-state index in [1.807, 2.05) is 62.3 Å². The second-order valence-corrected chi connectivity index (χ2v) is 30.8. The molecule has 0 radical (unpaired) electrons. The highest BCUT2D eigenvalue weighted by molar-refractivity contribution is 5.86. The summed E-state index contributed by atoms with van der Waals surface area (Å²) in [5, 5.41) is 0. The molecule has 388 valence electrons. The van der Waals surface area contributed by atoms with Gasteiger partial charge in [-0.15, -0.1) is 0 Å². The molecule has 0 aliphatic heterocycles. The Bertz CT molecular complexity index is 1250. The van der Waals surface area contributed by atoms with Gasteiger partial charge < -0.3 is 0 Å². The minimum Gasteiger partial charge on any atom is -0.299 e. The Morgan fingerprint density at radius 3 is 0.754 bits per heavy atom. The van der Waals surface area contributed by atoms with Gasteiger partial charge in [0.05, 0.1) is 0 Å². The summed E-state index contributed by atoms with van der Waals surface area (Å²) in [6.07, 6.45) is 28.4. The van der Waals surface area contributed by atoms with Crippen LogP contribution in [0.5, 0.6) is 0 Å². The molecule has 0 spiro atoms. The Kier molecular flexibility index (Phi) is 29.1. The van der Waals surface area contributed by atoms with Crippen molar-refractivity contribution in [1.29, 1.82) is 0 Å². The van der Waals surface area contributed by atoms with Crippen molar-refractivity contribution in [3.05, 3.63) is 0 Å². The van der Waals surface area contributed by atoms with E-state index in [9.17, 15) is 14.4 Å². The van der Waals surface area contributed by atoms with Crippen molar-refractivity contribution in [2.75, 3.05) is 0 Å². The summed E-state index contributed by atoms with van der Waals surface area (Å²) in [5.74, 6) is 5.12. The zero-order valence-corrected chi connectivity index (χ0v) is 49.5. The van der Waals surface area contributed by atoms with Gasteiger partial charge in [0.25, 0.3) is 0 Å². The number of rotatable bonds is 4. The Balaban J connectivity index is 0. The van der Waals surface area contributed by atoms with E-state index >= 15 is 0 Å². The summed E-state index contributed by atoms with van der Waals surface area (Å²) >= 11 is 0. The van der Waals surface area contributed by atoms with Crippen LogP contribution in [0, 0.1) is 72.9 Å². The molecule has 65 heavy (non-hydrogen) atoms. The fourth-order valence-electron chi connectivity index (χ4n) is 9.91. The first-order valence-electron chi connectivity index (χ1n) is 27.5. The van der Waals surface area contributed by atoms with Crippen LogP contribution >= 0.6 is 0 Å². The van der Waals surface area contributed by atoms with E-state index in [2.05, 4.69) is 104 Å². The standard InChI is InChI=1S/C11H20O.C10H18O.2C9H18.C9H20.C8H16.C6H12O/c1-11(2,3)10(12)9-7-5-4-6-8-9;1-10(2,3)9(11)8-6-4-5-7-8;1-9(2,3)7-8-5-4-6-8;1-9(2,3)8-6-4-5-7-8;1-8(2,3)7-9(4,5)6;1-8(2,3)6-7-4-5-7;1-5(7)6(2,3)4/h9H,4-8H2,1-3H3;8H,4-7H2,1-3H3;2*8H,4-7H2,1-3H3;7H2,1-6H3;7H,4-6H2,1-3H3;1-4H3. The number of carbonyl (C=O) groups is 3. The van der Waals surface area contributed by atoms with Gasteiger partial charge in [0.2, 0.25) is 0 Å². The van der Waals surface area contributed by atoms with Crippen molar-refractivity contribution in [2.24, 2.45) is 72.9 Å². The number of Topliss-reactive ketones (excluding diaryl/α,β-unsaturated/α-hetero) is 3. The van der Waals surface area contributed by atoms with Crippen LogP contribution in [0.25, 0.3) is 0 Å². The van der Waals surface area contributed by atoms with Gasteiger partial charge >= 0.3 is 0 Å². The quantitative estimate of drug-likeness (QED) is 0.282. The molecule has 5 aliphatic rings. The van der Waals surface area contributed by atoms with Gasteiger partial charge in [-0.05, 0) is 110 Å². The topological polar surface area (TPSA) is 51.2 Å². The summed E-state index contributed by atoms with van der Waals surface area (Å²) in [5.41, 5.74) is 2.33. The lowest BCUT2D eigenvalue weighted by Crippen LogP contribution is -2.29. The number of hydrogen-bond donors (Lipinski definition) is 0. The van der Waals surface area contributed by atoms with Gasteiger partial charge in [-0.3, -0.25) is 14.4 Å². The van der Waals surface area contributed by atoms with Crippen LogP contribution in [0.15, 0.2) is 0 Å². The molecule has 0 aromatic rings. The number of ketones is 3. The lowest BCUT2D eigenvalue weighted by molar-refractivity contribution is -0.131. The minimum absolute atomic E-state index is 0.116. The van der Waals surface area contributed by atoms with Gasteiger partial charge in [-0.2, -0.15) is 0 Å². The first-order chi connectivity index (χ1) is 28.9. The smallest absolute Gasteiger partial charge is 0.141 e. The fourth-order valence-corrected chi connectivity index (χ4v) is 9.91. The Morgan fingerprint density at radius 2 is 0.615 bits per heavy atom. The van der Waals surface area contributed by atoms with Crippen LogP contribution < -0.4 is 0 Å². The van der Waals surface area contributed by atoms with E-state index in [1.165, 1.54) is 109 Å². The maximum atomic E-state index is 11.8. The normalized spacial score (nSPS) is 19.3. The highest BCUT2D eigenvalue weighted by Crippen LogP contribution is 2.41. The third-order valence-electron chi connectivity index (χ3n) is 13.6. The summed E-state index contributed by atoms with van der Waals surface area (Å²) in [6.45, 7) is 54.3. The van der Waals surface area contributed by atoms with E-state index in [1.54, 1.807) is 6.92 Å². The minimum atomic E-state index is -0.139. The van der Waals surface area contributed by atoms with Crippen molar-refractivity contribution in [3.63, 3.8) is 0 Å². The third kappa shape index (κ3) is 38.5. The highest BCUT2D eigenvalue weighted by Gasteiger charge is 2.32. The molecule has 0 aromatic carbocycles. The van der Waals surface area contributed by atoms with Crippen molar-refractivity contribution in [3.8, 4) is 0 Å². The molecule has 3 heteroatoms. The predicted octanol–water partition coefficient (Wildman–Crippen LogP) is 20.3. The summed E-state index contributed by atoms with van der Waals surface area (Å²) in [6, 6.07) is 0. The van der Waals surface area contributed by atoms with Crippen LogP contribution in [-0.4, -0.2) is 17.3 Å². The molecule has 3 nitrogen and oxygen atoms in total. The maximum Gasteiger partial charge on any atom is 0.141 e. The number of carbonyl (C=O) groups excluding carboxylic acids is 3. The van der Waals surface area contributed by atoms with Gasteiger partial charge in [-0.25, -0.2) is 0 Å². The second kappa shape index (κ2) is 28.6. The molecule has 0 bridgehead atoms. The first kappa shape index (κ1) is 66.1. The fraction of sp³-hybridized carbons (Fsp3) is 0.952. The van der Waals surface area contributed by atoms with Crippen LogP contribution in [0.4, 0.5) is 0 Å². The van der Waals surface area contributed by atoms with Gasteiger partial charge in [0.15, 0.2) is 0 Å². The van der Waals surface area contributed by atoms with E-state index in [-0.39, 0.29) is 22.0 Å². The molecule has 5 fully saturated rings. The lowest BCUT2D eigenvalue weighted by Gasteiger charge is -2.31. The third-order valence-corrected chi connectivity index (χ3v) is 13.6. The largest absolute Gasteiger partial charge is 0.299 e. The molecule has 5 saturated carbocycles. The van der Waals surface area contributed by atoms with E-state index in [0.717, 1.165) is 43.4 Å². The van der Waals surface area contributed by atoms with E-state index in [4.69, 9.17) is 0 Å². The molecular formula is C62H122O3. The molecule has 0 atom stereocenters. The van der Waals surface area contributed by atoms with Crippen molar-refractivity contribution in [1.82, 2.24) is 0 Å². The molecule has 0 unspecified atom stereocenters. The summed E-state index contributed by atoms with van der Waals surface area (Å²) in [7, 11) is 0. The molecule has 0 amide bonds. The average Bonchev–Trinajstić information content (AvgIpc) is 3.48. The zero-order chi connectivity index (χ0) is 51.5. The monoisotopic (exact) mass is 915 g/mol. The van der Waals surface area contributed by atoms with Crippen LogP contribution in [0.3, 0.4) is 0 Å². The first-order valence-corrected chi connectivity index (χ1v) is 27.5. The summed E-state index contributed by atoms with van der Waals surface area (Å²) < 4.78 is 0. The highest BCUT2D eigenvalue weighted by atomic mass is 16.1. The molecule has 5 rings (SSSR count). The molecule has 0 aromatic heterocycles. The van der Waals surface area contributed by atoms with E-state index < -0.39 is 0 Å². The molecule has 0 N–H and O–H groups in total. The van der Waals surface area contributed by atoms with E-state index in [0.29, 0.717) is 50.5 Å². The van der Waals surface area contributed by atoms with Crippen molar-refractivity contribution in [2.45, 2.75) is 308 Å². The second-order valence-electron chi connectivity index (χ2n) is 30.8. The Labute approximate surface area is 410 Å². The SMILES string of the molecule is CC(=O)C(C)(C)C.CC(C)(C)C(=O)C1CCCC1.CC(C)(C)C(=O)C1CCCCC1.CC(C)(C)C1CCCC1.CC(C)(C)CC(C)(C)C.CC(C)(C)CC1CC1.CC(C)(C)CC1CCC1. The van der Waals surface area contributed by atoms with Gasteiger partial charge in [0, 0.05) is 28.1 Å². The van der Waals surface area contributed by atoms with Gasteiger partial charge in [0.1, 0.15) is 17.3 Å². The maximum absolute atomic E-state index is 11.8. The average molecular weight is 916 g/mol. The molecule has 0 heterocycles. The summed E-state index contributed by atoms with van der Waals surface area (Å²) in [4.78, 5) is 34.0. The van der Waals surface area contributed by atoms with Crippen molar-refractivity contribution < 1.29 is 14.4 Å². The predicted molar refractivity (Wildman–Crippen MR) is 291 cm³/mol. The van der Waals surface area contributed by atoms with Crippen LogP contribution in [0.2, 0.25) is 0 Å². The Morgan fingerprint density at radius 1 is 0.338 bits per heavy atom. The van der Waals surface area contributed by atoms with Crippen LogP contribution in [-0.2, 0) is 14.4 Å². The van der Waals surface area contributed by atoms with Crippen LogP contribution in [0.1, 0.15) is 308 Å². The lowest BCUT2D eigenvalue weighted by atomic mass is 9.74. The van der Waals surface area contributed by atoms with Crippen molar-refractivity contribution >= 4 is 17.3 Å². The zero-order valence-electron chi connectivity index (χ0n) is 49.5. The number of hydrogen-bond acceptors (Lipinski definition) is 3. The molecule has 0 saturated heterocycles. The molecule has 5 aliphatic carbocycles.